The van der Waals surface area contributed by atoms with Gasteiger partial charge in [0.2, 0.25) is 5.91 Å². The van der Waals surface area contributed by atoms with Crippen molar-refractivity contribution >= 4 is 23.1 Å². The molecule has 4 heterocycles. The van der Waals surface area contributed by atoms with Crippen LogP contribution in [0.25, 0.3) is 22.2 Å². The van der Waals surface area contributed by atoms with Crippen molar-refractivity contribution in [2.45, 2.75) is 12.5 Å². The van der Waals surface area contributed by atoms with Crippen LogP contribution < -0.4 is 5.32 Å². The lowest BCUT2D eigenvalue weighted by Crippen LogP contribution is -2.35. The van der Waals surface area contributed by atoms with Crippen LogP contribution in [0.2, 0.25) is 0 Å². The summed E-state index contributed by atoms with van der Waals surface area (Å²) in [5.74, 6) is 0.835. The fourth-order valence-corrected chi connectivity index (χ4v) is 3.94. The summed E-state index contributed by atoms with van der Waals surface area (Å²) >= 11 is 1.49. The van der Waals surface area contributed by atoms with E-state index in [2.05, 4.69) is 49.1 Å². The zero-order valence-electron chi connectivity index (χ0n) is 16.4. The largest absolute Gasteiger partial charge is 0.309 e. The molecule has 1 amide bonds. The van der Waals surface area contributed by atoms with Crippen molar-refractivity contribution in [1.29, 1.82) is 0 Å². The topological polar surface area (TPSA) is 87.1 Å². The van der Waals surface area contributed by atoms with Gasteiger partial charge in [0.15, 0.2) is 5.82 Å². The third-order valence-corrected chi connectivity index (χ3v) is 5.68. The summed E-state index contributed by atoms with van der Waals surface area (Å²) < 4.78 is 0. The number of likely N-dealkylation sites (N-methyl/N-ethyl adjacent to an activating group) is 1. The second kappa shape index (κ2) is 8.73. The number of pyridine rings is 1. The predicted octanol–water partition coefficient (Wildman–Crippen LogP) is 2.24. The van der Waals surface area contributed by atoms with Crippen molar-refractivity contribution in [1.82, 2.24) is 29.7 Å². The van der Waals surface area contributed by atoms with E-state index in [9.17, 15) is 4.79 Å². The molecule has 4 rings (SSSR count). The van der Waals surface area contributed by atoms with E-state index in [1.165, 1.54) is 11.3 Å². The lowest BCUT2D eigenvalue weighted by Gasteiger charge is -2.20. The maximum Gasteiger partial charge on any atom is 0.239 e. The second-order valence-electron chi connectivity index (χ2n) is 7.20. The molecule has 0 bridgehead atoms. The molecule has 1 saturated heterocycles. The number of aromatic nitrogens is 4. The number of nitrogens with one attached hydrogen (secondary N) is 1. The van der Waals surface area contributed by atoms with Gasteiger partial charge in [0.1, 0.15) is 22.2 Å². The molecule has 0 aliphatic carbocycles. The van der Waals surface area contributed by atoms with Crippen LogP contribution in [0.5, 0.6) is 0 Å². The zero-order valence-corrected chi connectivity index (χ0v) is 17.3. The second-order valence-corrected chi connectivity index (χ2v) is 8.10. The van der Waals surface area contributed by atoms with Gasteiger partial charge in [-0.25, -0.2) is 15.0 Å². The quantitative estimate of drug-likeness (QED) is 0.668. The highest BCUT2D eigenvalue weighted by Gasteiger charge is 2.25. The summed E-state index contributed by atoms with van der Waals surface area (Å²) in [5, 5.41) is 5.59. The Hall–Kier alpha value is -2.75. The summed E-state index contributed by atoms with van der Waals surface area (Å²) in [6.07, 6.45) is 4.50. The van der Waals surface area contributed by atoms with E-state index in [4.69, 9.17) is 0 Å². The number of likely N-dealkylation sites (tertiary alicyclic amines) is 1. The highest BCUT2D eigenvalue weighted by molar-refractivity contribution is 7.13. The Bertz CT molecular complexity index is 962. The minimum absolute atomic E-state index is 0.0832. The van der Waals surface area contributed by atoms with Crippen LogP contribution in [0.1, 0.15) is 6.42 Å². The van der Waals surface area contributed by atoms with E-state index >= 15 is 0 Å². The number of hydrogen-bond acceptors (Lipinski definition) is 8. The maximum atomic E-state index is 12.6. The lowest BCUT2D eigenvalue weighted by atomic mass is 10.2. The van der Waals surface area contributed by atoms with Crippen molar-refractivity contribution < 1.29 is 4.79 Å². The zero-order chi connectivity index (χ0) is 20.2. The van der Waals surface area contributed by atoms with Crippen LogP contribution in [0.4, 0.5) is 5.82 Å². The first kappa shape index (κ1) is 19.6. The van der Waals surface area contributed by atoms with E-state index in [-0.39, 0.29) is 5.91 Å². The molecule has 3 aromatic rings. The Morgan fingerprint density at radius 2 is 2.14 bits per heavy atom. The Labute approximate surface area is 173 Å². The van der Waals surface area contributed by atoms with Crippen LogP contribution >= 0.6 is 11.3 Å². The lowest BCUT2D eigenvalue weighted by molar-refractivity contribution is -0.117. The number of anilines is 1. The van der Waals surface area contributed by atoms with Gasteiger partial charge in [0.25, 0.3) is 0 Å². The number of rotatable bonds is 6. The molecule has 0 spiro atoms. The van der Waals surface area contributed by atoms with E-state index in [1.54, 1.807) is 18.5 Å². The molecule has 1 aliphatic rings. The smallest absolute Gasteiger partial charge is 0.239 e. The van der Waals surface area contributed by atoms with Gasteiger partial charge in [-0.2, -0.15) is 0 Å². The summed E-state index contributed by atoms with van der Waals surface area (Å²) in [4.78, 5) is 34.8. The number of nitrogens with zero attached hydrogens (tertiary/aromatic N) is 6. The molecule has 9 heteroatoms. The molecule has 0 saturated carbocycles. The molecule has 29 heavy (non-hydrogen) atoms. The summed E-state index contributed by atoms with van der Waals surface area (Å²) in [6, 6.07) is 7.82. The summed E-state index contributed by atoms with van der Waals surface area (Å²) in [7, 11) is 4.16. The average molecular weight is 410 g/mol. The fraction of sp³-hybridized carbons (Fsp3) is 0.350. The van der Waals surface area contributed by atoms with Gasteiger partial charge in [0, 0.05) is 43.0 Å². The minimum atomic E-state index is -0.0832. The molecular formula is C20H23N7OS. The van der Waals surface area contributed by atoms with Gasteiger partial charge in [0.05, 0.1) is 6.54 Å². The highest BCUT2D eigenvalue weighted by atomic mass is 32.1. The minimum Gasteiger partial charge on any atom is -0.309 e. The molecule has 3 aromatic heterocycles. The molecule has 0 radical (unpaired) electrons. The first-order valence-electron chi connectivity index (χ1n) is 9.47. The van der Waals surface area contributed by atoms with Crippen LogP contribution in [-0.4, -0.2) is 75.4 Å². The molecule has 8 nitrogen and oxygen atoms in total. The maximum absolute atomic E-state index is 12.6. The highest BCUT2D eigenvalue weighted by Crippen LogP contribution is 2.25. The third-order valence-electron chi connectivity index (χ3n) is 4.88. The van der Waals surface area contributed by atoms with Crippen LogP contribution in [0.3, 0.4) is 0 Å². The third kappa shape index (κ3) is 4.81. The van der Waals surface area contributed by atoms with Gasteiger partial charge in [-0.1, -0.05) is 6.07 Å². The number of thiazole rings is 1. The van der Waals surface area contributed by atoms with Crippen molar-refractivity contribution in [3.05, 3.63) is 42.0 Å². The summed E-state index contributed by atoms with van der Waals surface area (Å²) in [5.41, 5.74) is 1.31. The molecular weight excluding hydrogens is 386 g/mol. The molecule has 1 fully saturated rings. The predicted molar refractivity (Wildman–Crippen MR) is 114 cm³/mol. The Kier molecular flexibility index (Phi) is 5.89. The average Bonchev–Trinajstić information content (AvgIpc) is 3.40. The van der Waals surface area contributed by atoms with Gasteiger partial charge in [-0.05, 0) is 32.6 Å². The number of amides is 1. The van der Waals surface area contributed by atoms with Crippen molar-refractivity contribution in [3.63, 3.8) is 0 Å². The molecule has 0 unspecified atom stereocenters. The van der Waals surface area contributed by atoms with Gasteiger partial charge >= 0.3 is 0 Å². The van der Waals surface area contributed by atoms with Crippen LogP contribution in [0.15, 0.2) is 42.0 Å². The first-order chi connectivity index (χ1) is 14.1. The Morgan fingerprint density at radius 1 is 1.24 bits per heavy atom. The molecule has 0 aromatic carbocycles. The SMILES string of the molecule is CN(C)[C@H]1CCN(CC(=O)Nc2cc(-c3nccs3)nc(-c3ccccn3)n2)C1. The van der Waals surface area contributed by atoms with E-state index in [0.29, 0.717) is 35.6 Å². The van der Waals surface area contributed by atoms with Gasteiger partial charge < -0.3 is 10.2 Å². The van der Waals surface area contributed by atoms with E-state index < -0.39 is 0 Å². The van der Waals surface area contributed by atoms with E-state index in [1.807, 2.05) is 23.6 Å². The van der Waals surface area contributed by atoms with Crippen LogP contribution in [-0.2, 0) is 4.79 Å². The molecule has 150 valence electrons. The number of hydrogen-bond donors (Lipinski definition) is 1. The summed E-state index contributed by atoms with van der Waals surface area (Å²) in [6.45, 7) is 2.16. The Balaban J connectivity index is 1.53. The normalized spacial score (nSPS) is 17.0. The van der Waals surface area contributed by atoms with Crippen LogP contribution in [0, 0.1) is 0 Å². The molecule has 1 aliphatic heterocycles. The first-order valence-corrected chi connectivity index (χ1v) is 10.4. The molecule has 1 N–H and O–H groups in total. The standard InChI is InChI=1S/C20H23N7OS/c1-26(2)14-6-9-27(12-14)13-18(28)24-17-11-16(20-22-8-10-29-20)23-19(25-17)15-5-3-4-7-21-15/h3-5,7-8,10-11,14H,6,9,12-13H2,1-2H3,(H,23,24,25,28)/t14-/m0/s1. The van der Waals surface area contributed by atoms with E-state index in [0.717, 1.165) is 24.5 Å². The van der Waals surface area contributed by atoms with Crippen molar-refractivity contribution in [2.75, 3.05) is 39.0 Å². The molecule has 1 atom stereocenters. The number of carbonyl (C=O) groups is 1. The Morgan fingerprint density at radius 3 is 2.83 bits per heavy atom. The van der Waals surface area contributed by atoms with Crippen molar-refractivity contribution in [2.24, 2.45) is 0 Å². The number of carbonyl (C=O) groups excluding carboxylic acids is 1. The van der Waals surface area contributed by atoms with Gasteiger partial charge in [-0.3, -0.25) is 14.7 Å². The fourth-order valence-electron chi connectivity index (χ4n) is 3.34. The van der Waals surface area contributed by atoms with Gasteiger partial charge in [-0.15, -0.1) is 11.3 Å². The monoisotopic (exact) mass is 409 g/mol. The van der Waals surface area contributed by atoms with Crippen molar-refractivity contribution in [3.8, 4) is 22.2 Å².